The van der Waals surface area contributed by atoms with Crippen LogP contribution in [-0.2, 0) is 16.2 Å². The molecule has 1 unspecified atom stereocenters. The monoisotopic (exact) mass is 719 g/mol. The standard InChI is InChI=1S/C44H37N3O5S/c1-51-37-26-22-35(23-27-37)45-44(50)41(33-14-7-3-8-15-33)53-39-19-11-18-36(29-39)46-43(49)40(47-42(48)34-16-9-4-10-17-34)28-31-20-24-38(25-21-31)52-30-32-12-5-2-6-13-32/h2-29,41H,30H2,1H3,(H,45,50)(H,46,49)(H,47,48)/b40-28-. The van der Waals surface area contributed by atoms with Crippen LogP contribution in [0.5, 0.6) is 11.5 Å². The highest BCUT2D eigenvalue weighted by Crippen LogP contribution is 2.37. The maximum absolute atomic E-state index is 13.8. The van der Waals surface area contributed by atoms with E-state index in [2.05, 4.69) is 16.0 Å². The SMILES string of the molecule is COc1ccc(NC(=O)C(Sc2cccc(NC(=O)/C(=C/c3ccc(OCc4ccccc4)cc3)NC(=O)c3ccccc3)c2)c2ccccc2)cc1. The van der Waals surface area contributed by atoms with Crippen molar-refractivity contribution in [3.63, 3.8) is 0 Å². The smallest absolute Gasteiger partial charge is 0.272 e. The molecule has 0 radical (unpaired) electrons. The Balaban J connectivity index is 1.20. The van der Waals surface area contributed by atoms with Gasteiger partial charge in [-0.05, 0) is 89.5 Å². The molecule has 0 fully saturated rings. The minimum Gasteiger partial charge on any atom is -0.497 e. The van der Waals surface area contributed by atoms with Crippen molar-refractivity contribution in [3.05, 3.63) is 192 Å². The molecule has 6 rings (SSSR count). The number of nitrogens with one attached hydrogen (secondary N) is 3. The molecule has 8 nitrogen and oxygen atoms in total. The molecular weight excluding hydrogens is 683 g/mol. The van der Waals surface area contributed by atoms with E-state index >= 15 is 0 Å². The van der Waals surface area contributed by atoms with Gasteiger partial charge in [-0.25, -0.2) is 0 Å². The number of methoxy groups -OCH3 is 1. The number of amides is 3. The first-order valence-corrected chi connectivity index (χ1v) is 17.7. The lowest BCUT2D eigenvalue weighted by Gasteiger charge is -2.18. The van der Waals surface area contributed by atoms with Crippen LogP contribution in [0.3, 0.4) is 0 Å². The van der Waals surface area contributed by atoms with Gasteiger partial charge in [0, 0.05) is 21.8 Å². The summed E-state index contributed by atoms with van der Waals surface area (Å²) in [5, 5.41) is 8.13. The molecule has 1 atom stereocenters. The van der Waals surface area contributed by atoms with E-state index in [1.165, 1.54) is 11.8 Å². The highest BCUT2D eigenvalue weighted by atomic mass is 32.2. The van der Waals surface area contributed by atoms with Crippen molar-refractivity contribution in [2.24, 2.45) is 0 Å². The number of anilines is 2. The third kappa shape index (κ3) is 10.5. The number of hydrogen-bond donors (Lipinski definition) is 3. The van der Waals surface area contributed by atoms with Gasteiger partial charge >= 0.3 is 0 Å². The highest BCUT2D eigenvalue weighted by Gasteiger charge is 2.23. The molecule has 3 N–H and O–H groups in total. The van der Waals surface area contributed by atoms with Gasteiger partial charge in [-0.1, -0.05) is 97.1 Å². The zero-order valence-corrected chi connectivity index (χ0v) is 29.7. The van der Waals surface area contributed by atoms with E-state index in [4.69, 9.17) is 9.47 Å². The zero-order chi connectivity index (χ0) is 36.8. The molecule has 0 aromatic heterocycles. The second-order valence-electron chi connectivity index (χ2n) is 11.8. The van der Waals surface area contributed by atoms with Crippen LogP contribution in [0.4, 0.5) is 11.4 Å². The van der Waals surface area contributed by atoms with Crippen LogP contribution in [0.2, 0.25) is 0 Å². The van der Waals surface area contributed by atoms with E-state index in [0.29, 0.717) is 40.6 Å². The fraction of sp³-hybridized carbons (Fsp3) is 0.0682. The number of carbonyl (C=O) groups excluding carboxylic acids is 3. The van der Waals surface area contributed by atoms with E-state index in [9.17, 15) is 14.4 Å². The molecule has 264 valence electrons. The molecule has 3 amide bonds. The molecule has 0 aliphatic heterocycles. The van der Waals surface area contributed by atoms with Gasteiger partial charge in [0.25, 0.3) is 11.8 Å². The molecule has 0 saturated heterocycles. The van der Waals surface area contributed by atoms with Gasteiger partial charge in [0.1, 0.15) is 29.1 Å². The second-order valence-corrected chi connectivity index (χ2v) is 13.0. The first-order chi connectivity index (χ1) is 25.9. The van der Waals surface area contributed by atoms with Crippen LogP contribution < -0.4 is 25.4 Å². The summed E-state index contributed by atoms with van der Waals surface area (Å²) in [5.74, 6) is 0.221. The summed E-state index contributed by atoms with van der Waals surface area (Å²) < 4.78 is 11.2. The fourth-order valence-electron chi connectivity index (χ4n) is 5.27. The summed E-state index contributed by atoms with van der Waals surface area (Å²) in [5.41, 5.74) is 4.16. The second kappa shape index (κ2) is 18.1. The van der Waals surface area contributed by atoms with Crippen molar-refractivity contribution in [2.45, 2.75) is 16.8 Å². The lowest BCUT2D eigenvalue weighted by Crippen LogP contribution is -2.30. The van der Waals surface area contributed by atoms with Gasteiger partial charge in [0.2, 0.25) is 5.91 Å². The molecule has 9 heteroatoms. The average molecular weight is 720 g/mol. The van der Waals surface area contributed by atoms with Gasteiger partial charge in [0.05, 0.1) is 7.11 Å². The maximum Gasteiger partial charge on any atom is 0.272 e. The van der Waals surface area contributed by atoms with E-state index in [1.54, 1.807) is 73.8 Å². The number of benzene rings is 6. The van der Waals surface area contributed by atoms with Crippen molar-refractivity contribution in [1.82, 2.24) is 5.32 Å². The van der Waals surface area contributed by atoms with Gasteiger partial charge in [-0.3, -0.25) is 14.4 Å². The van der Waals surface area contributed by atoms with Crippen LogP contribution in [-0.4, -0.2) is 24.8 Å². The summed E-state index contributed by atoms with van der Waals surface area (Å²) in [6.45, 7) is 0.424. The first-order valence-electron chi connectivity index (χ1n) is 16.9. The first kappa shape index (κ1) is 36.2. The van der Waals surface area contributed by atoms with Gasteiger partial charge < -0.3 is 25.4 Å². The van der Waals surface area contributed by atoms with Crippen LogP contribution in [0.1, 0.15) is 32.3 Å². The third-order valence-corrected chi connectivity index (χ3v) is 9.26. The summed E-state index contributed by atoms with van der Waals surface area (Å²) >= 11 is 1.36. The van der Waals surface area contributed by atoms with Crippen molar-refractivity contribution < 1.29 is 23.9 Å². The van der Waals surface area contributed by atoms with Crippen molar-refractivity contribution >= 4 is 46.9 Å². The zero-order valence-electron chi connectivity index (χ0n) is 28.9. The van der Waals surface area contributed by atoms with E-state index in [1.807, 2.05) is 103 Å². The van der Waals surface area contributed by atoms with Gasteiger partial charge in [0.15, 0.2) is 0 Å². The minimum atomic E-state index is -0.593. The number of ether oxygens (including phenoxy) is 2. The summed E-state index contributed by atoms with van der Waals surface area (Å²) in [4.78, 5) is 41.4. The Morgan fingerprint density at radius 2 is 1.30 bits per heavy atom. The van der Waals surface area contributed by atoms with Crippen LogP contribution in [0.25, 0.3) is 6.08 Å². The molecule has 0 bridgehead atoms. The molecule has 6 aromatic rings. The van der Waals surface area contributed by atoms with Crippen molar-refractivity contribution in [3.8, 4) is 11.5 Å². The minimum absolute atomic E-state index is 0.0518. The molecule has 53 heavy (non-hydrogen) atoms. The van der Waals surface area contributed by atoms with Gasteiger partial charge in [-0.2, -0.15) is 0 Å². The van der Waals surface area contributed by atoms with Crippen LogP contribution in [0.15, 0.2) is 174 Å². The lowest BCUT2D eigenvalue weighted by molar-refractivity contribution is -0.116. The molecule has 0 aliphatic carbocycles. The Hall–Kier alpha value is -6.58. The number of thioether (sulfide) groups is 1. The number of hydrogen-bond acceptors (Lipinski definition) is 6. The van der Waals surface area contributed by atoms with Gasteiger partial charge in [-0.15, -0.1) is 11.8 Å². The Kier molecular flexibility index (Phi) is 12.4. The molecular formula is C44H37N3O5S. The van der Waals surface area contributed by atoms with Crippen molar-refractivity contribution in [1.29, 1.82) is 0 Å². The van der Waals surface area contributed by atoms with Crippen LogP contribution >= 0.6 is 11.8 Å². The molecule has 0 spiro atoms. The summed E-state index contributed by atoms with van der Waals surface area (Å²) in [7, 11) is 1.59. The largest absolute Gasteiger partial charge is 0.497 e. The fourth-order valence-corrected chi connectivity index (χ4v) is 6.36. The molecule has 6 aromatic carbocycles. The van der Waals surface area contributed by atoms with Crippen molar-refractivity contribution in [2.75, 3.05) is 17.7 Å². The molecule has 0 saturated carbocycles. The Bertz CT molecular complexity index is 2160. The average Bonchev–Trinajstić information content (AvgIpc) is 3.21. The van der Waals surface area contributed by atoms with E-state index in [0.717, 1.165) is 16.0 Å². The summed E-state index contributed by atoms with van der Waals surface area (Å²) in [6.07, 6.45) is 1.62. The predicted octanol–water partition coefficient (Wildman–Crippen LogP) is 9.16. The Morgan fingerprint density at radius 1 is 0.660 bits per heavy atom. The maximum atomic E-state index is 13.8. The normalized spacial score (nSPS) is 11.5. The van der Waals surface area contributed by atoms with E-state index in [-0.39, 0.29) is 11.6 Å². The Morgan fingerprint density at radius 3 is 1.98 bits per heavy atom. The number of rotatable bonds is 14. The number of carbonyl (C=O) groups is 3. The van der Waals surface area contributed by atoms with E-state index < -0.39 is 17.1 Å². The quantitative estimate of drug-likeness (QED) is 0.0766. The highest BCUT2D eigenvalue weighted by molar-refractivity contribution is 8.00. The summed E-state index contributed by atoms with van der Waals surface area (Å²) in [6, 6.07) is 49.7. The lowest BCUT2D eigenvalue weighted by atomic mass is 10.1. The Labute approximate surface area is 312 Å². The third-order valence-electron chi connectivity index (χ3n) is 8.01. The van der Waals surface area contributed by atoms with Crippen LogP contribution in [0, 0.1) is 0 Å². The molecule has 0 aliphatic rings. The molecule has 0 heterocycles. The topological polar surface area (TPSA) is 106 Å². The predicted molar refractivity (Wildman–Crippen MR) is 211 cm³/mol.